The number of hydrogen-bond acceptors (Lipinski definition) is 5. The highest BCUT2D eigenvalue weighted by molar-refractivity contribution is 5.99. The van der Waals surface area contributed by atoms with Gasteiger partial charge in [-0.1, -0.05) is 6.92 Å². The Morgan fingerprint density at radius 3 is 2.67 bits per heavy atom. The quantitative estimate of drug-likeness (QED) is 0.589. The van der Waals surface area contributed by atoms with Crippen LogP contribution in [-0.4, -0.2) is 40.0 Å². The van der Waals surface area contributed by atoms with Gasteiger partial charge in [-0.15, -0.1) is 0 Å². The summed E-state index contributed by atoms with van der Waals surface area (Å²) in [7, 11) is 5.60. The number of primary amides is 1. The summed E-state index contributed by atoms with van der Waals surface area (Å²) >= 11 is 0. The highest BCUT2D eigenvalue weighted by Crippen LogP contribution is 2.30. The second-order valence-electron chi connectivity index (χ2n) is 6.50. The maximum absolute atomic E-state index is 11.8. The normalized spacial score (nSPS) is 11.4. The average Bonchev–Trinajstić information content (AvgIpc) is 3.31. The minimum atomic E-state index is -0.589. The summed E-state index contributed by atoms with van der Waals surface area (Å²) in [6.07, 6.45) is 6.42. The molecule has 0 saturated heterocycles. The Balaban J connectivity index is 1.94. The van der Waals surface area contributed by atoms with E-state index in [2.05, 4.69) is 22.1 Å². The number of rotatable bonds is 4. The van der Waals surface area contributed by atoms with Gasteiger partial charge in [0.1, 0.15) is 11.4 Å². The number of carbonyl (C=O) groups is 1. The Kier molecular flexibility index (Phi) is 3.79. The molecule has 27 heavy (non-hydrogen) atoms. The zero-order valence-corrected chi connectivity index (χ0v) is 15.6. The summed E-state index contributed by atoms with van der Waals surface area (Å²) in [6, 6.07) is 1.65. The lowest BCUT2D eigenvalue weighted by molar-refractivity contribution is 0.0996. The molecule has 4 heterocycles. The van der Waals surface area contributed by atoms with E-state index in [4.69, 9.17) is 10.7 Å². The van der Waals surface area contributed by atoms with Crippen molar-refractivity contribution in [1.29, 1.82) is 0 Å². The summed E-state index contributed by atoms with van der Waals surface area (Å²) < 4.78 is 5.36. The van der Waals surface area contributed by atoms with E-state index in [-0.39, 0.29) is 5.69 Å². The van der Waals surface area contributed by atoms with Crippen LogP contribution in [0, 0.1) is 0 Å². The number of nitrogens with two attached hydrogens (primary N) is 1. The van der Waals surface area contributed by atoms with Crippen LogP contribution in [0.4, 0.5) is 0 Å². The van der Waals surface area contributed by atoms with Gasteiger partial charge in [-0.05, 0) is 12.5 Å². The highest BCUT2D eigenvalue weighted by Gasteiger charge is 2.20. The summed E-state index contributed by atoms with van der Waals surface area (Å²) in [4.78, 5) is 21.0. The molecular weight excluding hydrogens is 344 g/mol. The Hall–Kier alpha value is -3.49. The van der Waals surface area contributed by atoms with Gasteiger partial charge in [-0.2, -0.15) is 10.2 Å². The van der Waals surface area contributed by atoms with Crippen LogP contribution in [0.25, 0.3) is 33.7 Å². The lowest BCUT2D eigenvalue weighted by Gasteiger charge is -2.05. The second-order valence-corrected chi connectivity index (χ2v) is 6.50. The molecule has 9 heteroatoms. The minimum absolute atomic E-state index is 0.182. The van der Waals surface area contributed by atoms with Gasteiger partial charge in [-0.25, -0.2) is 9.97 Å². The van der Waals surface area contributed by atoms with Crippen LogP contribution in [0.1, 0.15) is 23.1 Å². The topological polar surface area (TPSA) is 109 Å². The summed E-state index contributed by atoms with van der Waals surface area (Å²) in [5, 5.41) is 9.58. The SMILES string of the molecule is CCc1nn(C)cc1-c1cn(C)c(-c2nc(C(N)=O)cc3c2cnn3C)n1. The number of imidazole rings is 1. The van der Waals surface area contributed by atoms with Crippen LogP contribution in [-0.2, 0) is 27.6 Å². The predicted molar refractivity (Wildman–Crippen MR) is 101 cm³/mol. The Morgan fingerprint density at radius 2 is 1.96 bits per heavy atom. The van der Waals surface area contributed by atoms with Gasteiger partial charge < -0.3 is 10.3 Å². The largest absolute Gasteiger partial charge is 0.364 e. The second kappa shape index (κ2) is 6.04. The molecule has 0 radical (unpaired) electrons. The molecule has 0 saturated carbocycles. The molecule has 1 amide bonds. The van der Waals surface area contributed by atoms with E-state index >= 15 is 0 Å². The van der Waals surface area contributed by atoms with Crippen LogP contribution in [0.5, 0.6) is 0 Å². The molecule has 0 spiro atoms. The van der Waals surface area contributed by atoms with Crippen molar-refractivity contribution in [3.05, 3.63) is 36.0 Å². The highest BCUT2D eigenvalue weighted by atomic mass is 16.1. The van der Waals surface area contributed by atoms with Crippen molar-refractivity contribution in [3.8, 4) is 22.8 Å². The summed E-state index contributed by atoms with van der Waals surface area (Å²) in [5.41, 5.74) is 9.77. The Labute approximate surface area is 155 Å². The minimum Gasteiger partial charge on any atom is -0.364 e. The lowest BCUT2D eigenvalue weighted by Crippen LogP contribution is -2.14. The van der Waals surface area contributed by atoms with Gasteiger partial charge in [0.15, 0.2) is 5.82 Å². The molecule has 0 aliphatic rings. The van der Waals surface area contributed by atoms with Crippen molar-refractivity contribution >= 4 is 16.8 Å². The van der Waals surface area contributed by atoms with E-state index in [1.54, 1.807) is 21.6 Å². The van der Waals surface area contributed by atoms with Crippen molar-refractivity contribution < 1.29 is 4.79 Å². The van der Waals surface area contributed by atoms with E-state index in [9.17, 15) is 4.79 Å². The van der Waals surface area contributed by atoms with Crippen LogP contribution in [0.3, 0.4) is 0 Å². The molecule has 4 aromatic rings. The smallest absolute Gasteiger partial charge is 0.267 e. The first-order chi connectivity index (χ1) is 12.9. The fourth-order valence-corrected chi connectivity index (χ4v) is 3.27. The van der Waals surface area contributed by atoms with Crippen LogP contribution < -0.4 is 5.73 Å². The Bertz CT molecular complexity index is 1180. The van der Waals surface area contributed by atoms with E-state index in [1.165, 1.54) is 0 Å². The van der Waals surface area contributed by atoms with Crippen molar-refractivity contribution in [1.82, 2.24) is 34.1 Å². The molecule has 0 aliphatic heterocycles. The molecule has 0 unspecified atom stereocenters. The summed E-state index contributed by atoms with van der Waals surface area (Å²) in [5.74, 6) is 0.0475. The van der Waals surface area contributed by atoms with Crippen LogP contribution in [0.15, 0.2) is 24.7 Å². The van der Waals surface area contributed by atoms with Crippen molar-refractivity contribution in [2.45, 2.75) is 13.3 Å². The first-order valence-corrected chi connectivity index (χ1v) is 8.58. The van der Waals surface area contributed by atoms with Gasteiger partial charge in [0.05, 0.1) is 23.1 Å². The van der Waals surface area contributed by atoms with Crippen molar-refractivity contribution in [2.75, 3.05) is 0 Å². The Morgan fingerprint density at radius 1 is 1.19 bits per heavy atom. The fraction of sp³-hybridized carbons (Fsp3) is 0.278. The molecule has 0 aliphatic carbocycles. The van der Waals surface area contributed by atoms with Crippen molar-refractivity contribution in [3.63, 3.8) is 0 Å². The average molecular weight is 364 g/mol. The maximum atomic E-state index is 11.8. The zero-order chi connectivity index (χ0) is 19.3. The standard InChI is InChI=1S/C18H20N8O/c1-5-12-11(8-25(3)23-12)14-9-24(2)18(22-14)16-10-7-20-26(4)15(10)6-13(21-16)17(19)27/h6-9H,5H2,1-4H3,(H2,19,27). The monoisotopic (exact) mass is 364 g/mol. The van der Waals surface area contributed by atoms with Gasteiger partial charge >= 0.3 is 0 Å². The van der Waals surface area contributed by atoms with Gasteiger partial charge in [-0.3, -0.25) is 14.2 Å². The number of fused-ring (bicyclic) bond motifs is 1. The van der Waals surface area contributed by atoms with Gasteiger partial charge in [0, 0.05) is 44.5 Å². The van der Waals surface area contributed by atoms with Crippen LogP contribution >= 0.6 is 0 Å². The number of pyridine rings is 1. The molecular formula is C18H20N8O. The van der Waals surface area contributed by atoms with Crippen LogP contribution in [0.2, 0.25) is 0 Å². The number of nitrogens with zero attached hydrogens (tertiary/aromatic N) is 7. The first-order valence-electron chi connectivity index (χ1n) is 8.58. The predicted octanol–water partition coefficient (Wildman–Crippen LogP) is 1.43. The molecule has 4 aromatic heterocycles. The van der Waals surface area contributed by atoms with Crippen molar-refractivity contribution in [2.24, 2.45) is 26.9 Å². The molecule has 0 atom stereocenters. The molecule has 138 valence electrons. The third-order valence-corrected chi connectivity index (χ3v) is 4.60. The molecule has 4 rings (SSSR count). The fourth-order valence-electron chi connectivity index (χ4n) is 3.27. The summed E-state index contributed by atoms with van der Waals surface area (Å²) in [6.45, 7) is 2.06. The van der Waals surface area contributed by atoms with Gasteiger partial charge in [0.2, 0.25) is 0 Å². The number of aromatic nitrogens is 7. The lowest BCUT2D eigenvalue weighted by atomic mass is 10.1. The third kappa shape index (κ3) is 2.67. The molecule has 0 fully saturated rings. The van der Waals surface area contributed by atoms with E-state index in [1.807, 2.05) is 38.1 Å². The molecule has 9 nitrogen and oxygen atoms in total. The number of hydrogen-bond donors (Lipinski definition) is 1. The first kappa shape index (κ1) is 17.0. The number of aryl methyl sites for hydroxylation is 4. The van der Waals surface area contributed by atoms with E-state index < -0.39 is 5.91 Å². The molecule has 2 N–H and O–H groups in total. The van der Waals surface area contributed by atoms with E-state index in [0.717, 1.165) is 34.3 Å². The van der Waals surface area contributed by atoms with E-state index in [0.29, 0.717) is 11.5 Å². The maximum Gasteiger partial charge on any atom is 0.267 e. The number of amides is 1. The molecule has 0 aromatic carbocycles. The van der Waals surface area contributed by atoms with Gasteiger partial charge in [0.25, 0.3) is 5.91 Å². The third-order valence-electron chi connectivity index (χ3n) is 4.60. The molecule has 0 bridgehead atoms. The zero-order valence-electron chi connectivity index (χ0n) is 15.6. The number of carbonyl (C=O) groups excluding carboxylic acids is 1.